The first kappa shape index (κ1) is 19.8. The van der Waals surface area contributed by atoms with Gasteiger partial charge in [-0.2, -0.15) is 0 Å². The second-order valence-electron chi connectivity index (χ2n) is 8.11. The second-order valence-corrected chi connectivity index (χ2v) is 8.72. The van der Waals surface area contributed by atoms with Crippen LogP contribution in [-0.2, 0) is 4.79 Å². The predicted octanol–water partition coefficient (Wildman–Crippen LogP) is 3.01. The van der Waals surface area contributed by atoms with Gasteiger partial charge >= 0.3 is 0 Å². The van der Waals surface area contributed by atoms with Crippen LogP contribution < -0.4 is 10.2 Å². The minimum atomic E-state index is -0.659. The molecule has 2 aliphatic carbocycles. The zero-order chi connectivity index (χ0) is 20.4. The van der Waals surface area contributed by atoms with Gasteiger partial charge in [-0.15, -0.1) is 5.10 Å². The van der Waals surface area contributed by atoms with Crippen molar-refractivity contribution >= 4 is 29.0 Å². The van der Waals surface area contributed by atoms with Crippen LogP contribution in [0.2, 0.25) is 0 Å². The summed E-state index contributed by atoms with van der Waals surface area (Å²) in [5.41, 5.74) is 2.19. The van der Waals surface area contributed by atoms with E-state index in [1.54, 1.807) is 10.3 Å². The van der Waals surface area contributed by atoms with Gasteiger partial charge in [0.15, 0.2) is 5.69 Å². The standard InChI is InChI=1S/C21H27N5O2S/c1-25(2)16-9-7-14(8-10-16)19(20(27)22-15-5-3-4-6-15)26(17-11-12-17)21(28)18-13-29-24-23-18/h7-10,13,15,17,19H,3-6,11-12H2,1-2H3,(H,22,27)/t19-/m0/s1. The molecule has 0 unspecified atom stereocenters. The largest absolute Gasteiger partial charge is 0.378 e. The molecule has 2 amide bonds. The fourth-order valence-electron chi connectivity index (χ4n) is 3.98. The van der Waals surface area contributed by atoms with Gasteiger partial charge in [0.25, 0.3) is 5.91 Å². The van der Waals surface area contributed by atoms with Crippen LogP contribution in [0.3, 0.4) is 0 Å². The van der Waals surface area contributed by atoms with Gasteiger partial charge in [0.1, 0.15) is 6.04 Å². The minimum absolute atomic E-state index is 0.0667. The van der Waals surface area contributed by atoms with Crippen molar-refractivity contribution in [2.75, 3.05) is 19.0 Å². The number of nitrogens with zero attached hydrogens (tertiary/aromatic N) is 4. The minimum Gasteiger partial charge on any atom is -0.378 e. The van der Waals surface area contributed by atoms with E-state index in [0.29, 0.717) is 5.69 Å². The molecule has 2 aliphatic rings. The van der Waals surface area contributed by atoms with Crippen LogP contribution in [0.15, 0.2) is 29.6 Å². The summed E-state index contributed by atoms with van der Waals surface area (Å²) in [6.45, 7) is 0. The monoisotopic (exact) mass is 413 g/mol. The number of amides is 2. The zero-order valence-electron chi connectivity index (χ0n) is 16.9. The lowest BCUT2D eigenvalue weighted by atomic mass is 10.0. The molecule has 0 bridgehead atoms. The van der Waals surface area contributed by atoms with E-state index in [-0.39, 0.29) is 23.9 Å². The van der Waals surface area contributed by atoms with Gasteiger partial charge < -0.3 is 15.1 Å². The molecule has 7 nitrogen and oxygen atoms in total. The third kappa shape index (κ3) is 4.42. The molecule has 29 heavy (non-hydrogen) atoms. The molecule has 0 spiro atoms. The topological polar surface area (TPSA) is 78.4 Å². The van der Waals surface area contributed by atoms with E-state index in [4.69, 9.17) is 0 Å². The first-order chi connectivity index (χ1) is 14.0. The molecule has 154 valence electrons. The molecule has 1 N–H and O–H groups in total. The van der Waals surface area contributed by atoms with E-state index in [2.05, 4.69) is 14.9 Å². The van der Waals surface area contributed by atoms with Crippen LogP contribution in [-0.4, -0.2) is 52.5 Å². The number of carbonyl (C=O) groups excluding carboxylic acids is 2. The molecule has 2 aromatic rings. The van der Waals surface area contributed by atoms with Crippen molar-refractivity contribution in [3.05, 3.63) is 40.9 Å². The lowest BCUT2D eigenvalue weighted by molar-refractivity contribution is -0.126. The number of benzene rings is 1. The lowest BCUT2D eigenvalue weighted by Crippen LogP contribution is -2.47. The molecule has 2 saturated carbocycles. The number of aromatic nitrogens is 2. The van der Waals surface area contributed by atoms with Crippen molar-refractivity contribution in [1.29, 1.82) is 0 Å². The van der Waals surface area contributed by atoms with Crippen LogP contribution in [0, 0.1) is 0 Å². The fourth-order valence-corrected chi connectivity index (χ4v) is 4.41. The molecule has 1 aromatic heterocycles. The Bertz CT molecular complexity index is 842. The summed E-state index contributed by atoms with van der Waals surface area (Å²) in [5, 5.41) is 8.82. The Hall–Kier alpha value is -2.48. The number of hydrogen-bond donors (Lipinski definition) is 1. The number of hydrogen-bond acceptors (Lipinski definition) is 6. The fraction of sp³-hybridized carbons (Fsp3) is 0.524. The van der Waals surface area contributed by atoms with Crippen LogP contribution in [0.5, 0.6) is 0 Å². The summed E-state index contributed by atoms with van der Waals surface area (Å²) in [6.07, 6.45) is 6.11. The Morgan fingerprint density at radius 3 is 2.34 bits per heavy atom. The Labute approximate surface area is 175 Å². The third-order valence-corrected chi connectivity index (χ3v) is 6.21. The molecule has 8 heteroatoms. The maximum Gasteiger partial charge on any atom is 0.276 e. The highest BCUT2D eigenvalue weighted by Crippen LogP contribution is 2.37. The molecule has 1 atom stereocenters. The molecular weight excluding hydrogens is 386 g/mol. The SMILES string of the molecule is CN(C)c1ccc([C@@H](C(=O)NC2CCCC2)N(C(=O)c2csnn2)C2CC2)cc1. The number of nitrogens with one attached hydrogen (secondary N) is 1. The number of rotatable bonds is 7. The number of anilines is 1. The van der Waals surface area contributed by atoms with Gasteiger partial charge in [0, 0.05) is 37.2 Å². The molecule has 0 aliphatic heterocycles. The summed E-state index contributed by atoms with van der Waals surface area (Å²) >= 11 is 1.15. The van der Waals surface area contributed by atoms with Crippen LogP contribution in [0.25, 0.3) is 0 Å². The normalized spacial score (nSPS) is 17.7. The summed E-state index contributed by atoms with van der Waals surface area (Å²) in [5.74, 6) is -0.317. The Kier molecular flexibility index (Phi) is 5.80. The van der Waals surface area contributed by atoms with E-state index in [9.17, 15) is 9.59 Å². The summed E-state index contributed by atoms with van der Waals surface area (Å²) in [6, 6.07) is 7.50. The van der Waals surface area contributed by atoms with E-state index in [1.807, 2.05) is 43.3 Å². The van der Waals surface area contributed by atoms with Gasteiger partial charge in [-0.25, -0.2) is 0 Å². The van der Waals surface area contributed by atoms with Crippen LogP contribution in [0.1, 0.15) is 60.6 Å². The summed E-state index contributed by atoms with van der Waals surface area (Å²) in [4.78, 5) is 30.4. The smallest absolute Gasteiger partial charge is 0.276 e. The first-order valence-corrected chi connectivity index (χ1v) is 11.1. The number of carbonyl (C=O) groups is 2. The third-order valence-electron chi connectivity index (χ3n) is 5.71. The first-order valence-electron chi connectivity index (χ1n) is 10.2. The van der Waals surface area contributed by atoms with Gasteiger partial charge in [0.2, 0.25) is 5.91 Å². The van der Waals surface area contributed by atoms with E-state index < -0.39 is 6.04 Å². The Balaban J connectivity index is 1.67. The highest BCUT2D eigenvalue weighted by molar-refractivity contribution is 7.03. The highest BCUT2D eigenvalue weighted by atomic mass is 32.1. The zero-order valence-corrected chi connectivity index (χ0v) is 17.7. The molecule has 0 saturated heterocycles. The molecule has 4 rings (SSSR count). The van der Waals surface area contributed by atoms with Gasteiger partial charge in [0.05, 0.1) is 0 Å². The molecule has 0 radical (unpaired) electrons. The van der Waals surface area contributed by atoms with Crippen molar-refractivity contribution < 1.29 is 9.59 Å². The van der Waals surface area contributed by atoms with Crippen molar-refractivity contribution in [3.8, 4) is 0 Å². The summed E-state index contributed by atoms with van der Waals surface area (Å²) in [7, 11) is 3.96. The van der Waals surface area contributed by atoms with Crippen molar-refractivity contribution in [1.82, 2.24) is 19.8 Å². The Morgan fingerprint density at radius 1 is 1.10 bits per heavy atom. The van der Waals surface area contributed by atoms with Crippen LogP contribution in [0.4, 0.5) is 5.69 Å². The van der Waals surface area contributed by atoms with Crippen LogP contribution >= 0.6 is 11.5 Å². The average Bonchev–Trinajstić information content (AvgIpc) is 3.17. The maximum absolute atomic E-state index is 13.4. The van der Waals surface area contributed by atoms with Gasteiger partial charge in [-0.1, -0.05) is 29.5 Å². The van der Waals surface area contributed by atoms with Crippen molar-refractivity contribution in [3.63, 3.8) is 0 Å². The maximum atomic E-state index is 13.4. The summed E-state index contributed by atoms with van der Waals surface area (Å²) < 4.78 is 3.83. The molecule has 2 fully saturated rings. The average molecular weight is 414 g/mol. The predicted molar refractivity (Wildman–Crippen MR) is 113 cm³/mol. The highest BCUT2D eigenvalue weighted by Gasteiger charge is 2.42. The van der Waals surface area contributed by atoms with Crippen molar-refractivity contribution in [2.45, 2.75) is 56.7 Å². The van der Waals surface area contributed by atoms with E-state index in [0.717, 1.165) is 61.3 Å². The molecule has 1 aromatic carbocycles. The lowest BCUT2D eigenvalue weighted by Gasteiger charge is -2.32. The van der Waals surface area contributed by atoms with E-state index in [1.165, 1.54) is 0 Å². The van der Waals surface area contributed by atoms with E-state index >= 15 is 0 Å². The van der Waals surface area contributed by atoms with Crippen molar-refractivity contribution in [2.24, 2.45) is 0 Å². The quantitative estimate of drug-likeness (QED) is 0.755. The van der Waals surface area contributed by atoms with Gasteiger partial charge in [-0.3, -0.25) is 9.59 Å². The molecular formula is C21H27N5O2S. The van der Waals surface area contributed by atoms with Gasteiger partial charge in [-0.05, 0) is 54.9 Å². The molecule has 1 heterocycles. The Morgan fingerprint density at radius 2 is 1.79 bits per heavy atom. The second kappa shape index (κ2) is 8.49.